The molecule has 354 valence electrons. The second-order valence-electron chi connectivity index (χ2n) is 18.2. The lowest BCUT2D eigenvalue weighted by molar-refractivity contribution is -0.132. The van der Waals surface area contributed by atoms with Gasteiger partial charge in [0, 0.05) is 0 Å². The Kier molecular flexibility index (Phi) is 47.4. The molecule has 0 saturated carbocycles. The monoisotopic (exact) mass is 846 g/mol. The minimum Gasteiger partial charge on any atom is -0.394 e. The maximum Gasteiger partial charge on any atom is 0.249 e. The molecule has 0 spiro atoms. The molecule has 6 nitrogen and oxygen atoms in total. The first-order valence-electron chi connectivity index (χ1n) is 26.4. The Morgan fingerprint density at radius 3 is 1.05 bits per heavy atom. The first kappa shape index (κ1) is 58.5. The lowest BCUT2D eigenvalue weighted by Gasteiger charge is -2.27. The fourth-order valence-corrected chi connectivity index (χ4v) is 8.12. The molecule has 0 rings (SSSR count). The molecule has 0 aliphatic heterocycles. The smallest absolute Gasteiger partial charge is 0.249 e. The fraction of sp³-hybridized carbons (Fsp3) is 0.870. The van der Waals surface area contributed by atoms with Crippen LogP contribution >= 0.6 is 0 Å². The SMILES string of the molecule is CCCCCCCCCCC/C=C\CCCCCCCCC(O)C(=O)NC(CO)C(O)C(O)CCC/C=C/CC/C=C/CCCCCCCCCCCCCCCCCC. The third kappa shape index (κ3) is 41.9. The average molecular weight is 846 g/mol. The predicted octanol–water partition coefficient (Wildman–Crippen LogP) is 14.9. The molecule has 0 aromatic carbocycles. The van der Waals surface area contributed by atoms with Gasteiger partial charge in [0.15, 0.2) is 0 Å². The van der Waals surface area contributed by atoms with Crippen molar-refractivity contribution in [2.24, 2.45) is 0 Å². The van der Waals surface area contributed by atoms with Crippen molar-refractivity contribution in [3.63, 3.8) is 0 Å². The number of carbonyl (C=O) groups excluding carboxylic acids is 1. The summed E-state index contributed by atoms with van der Waals surface area (Å²) in [5.74, 6) is -0.600. The Hall–Kier alpha value is -1.47. The normalized spacial score (nSPS) is 14.2. The van der Waals surface area contributed by atoms with E-state index in [0.29, 0.717) is 19.3 Å². The van der Waals surface area contributed by atoms with Crippen LogP contribution in [0.5, 0.6) is 0 Å². The van der Waals surface area contributed by atoms with Crippen molar-refractivity contribution in [1.29, 1.82) is 0 Å². The number of aliphatic hydroxyl groups excluding tert-OH is 4. The van der Waals surface area contributed by atoms with E-state index in [0.717, 1.165) is 51.4 Å². The number of rotatable bonds is 48. The van der Waals surface area contributed by atoms with Gasteiger partial charge in [0.05, 0.1) is 18.8 Å². The van der Waals surface area contributed by atoms with Gasteiger partial charge in [-0.15, -0.1) is 0 Å². The summed E-state index contributed by atoms with van der Waals surface area (Å²) < 4.78 is 0. The lowest BCUT2D eigenvalue weighted by atomic mass is 10.00. The number of hydrogen-bond donors (Lipinski definition) is 5. The minimum atomic E-state index is -1.29. The highest BCUT2D eigenvalue weighted by Gasteiger charge is 2.28. The zero-order valence-electron chi connectivity index (χ0n) is 40.0. The van der Waals surface area contributed by atoms with Crippen LogP contribution in [0.1, 0.15) is 271 Å². The van der Waals surface area contributed by atoms with E-state index in [-0.39, 0.29) is 0 Å². The van der Waals surface area contributed by atoms with Crippen LogP contribution in [0.15, 0.2) is 36.5 Å². The van der Waals surface area contributed by atoms with E-state index >= 15 is 0 Å². The first-order valence-corrected chi connectivity index (χ1v) is 26.4. The molecular weight excluding hydrogens is 743 g/mol. The summed E-state index contributed by atoms with van der Waals surface area (Å²) in [7, 11) is 0. The Labute approximate surface area is 373 Å². The summed E-state index contributed by atoms with van der Waals surface area (Å²) in [6.45, 7) is 4.06. The summed E-state index contributed by atoms with van der Waals surface area (Å²) >= 11 is 0. The molecule has 1 amide bonds. The molecule has 0 aromatic rings. The maximum atomic E-state index is 12.6. The van der Waals surface area contributed by atoms with Gasteiger partial charge in [-0.25, -0.2) is 0 Å². The third-order valence-corrected chi connectivity index (χ3v) is 12.3. The van der Waals surface area contributed by atoms with E-state index in [2.05, 4.69) is 55.6 Å². The van der Waals surface area contributed by atoms with Crippen LogP contribution in [0.2, 0.25) is 0 Å². The molecule has 0 radical (unpaired) electrons. The van der Waals surface area contributed by atoms with Crippen molar-refractivity contribution in [2.75, 3.05) is 6.61 Å². The van der Waals surface area contributed by atoms with Gasteiger partial charge in [-0.2, -0.15) is 0 Å². The quantitative estimate of drug-likeness (QED) is 0.0309. The number of aliphatic hydroxyl groups is 4. The Morgan fingerprint density at radius 1 is 0.400 bits per heavy atom. The zero-order chi connectivity index (χ0) is 43.8. The highest BCUT2D eigenvalue weighted by molar-refractivity contribution is 5.80. The number of carbonyl (C=O) groups is 1. The largest absolute Gasteiger partial charge is 0.394 e. The van der Waals surface area contributed by atoms with Crippen LogP contribution in [0.3, 0.4) is 0 Å². The molecule has 0 aromatic heterocycles. The molecular formula is C54H103NO5. The van der Waals surface area contributed by atoms with Crippen molar-refractivity contribution in [2.45, 2.75) is 295 Å². The van der Waals surface area contributed by atoms with Gasteiger partial charge in [0.1, 0.15) is 12.2 Å². The molecule has 0 fully saturated rings. The van der Waals surface area contributed by atoms with Gasteiger partial charge in [-0.05, 0) is 77.0 Å². The minimum absolute atomic E-state index is 0.353. The highest BCUT2D eigenvalue weighted by atomic mass is 16.3. The predicted molar refractivity (Wildman–Crippen MR) is 260 cm³/mol. The molecule has 4 unspecified atom stereocenters. The number of hydrogen-bond acceptors (Lipinski definition) is 5. The average Bonchev–Trinajstić information content (AvgIpc) is 3.25. The molecule has 6 heteroatoms. The van der Waals surface area contributed by atoms with Crippen molar-refractivity contribution >= 4 is 5.91 Å². The Bertz CT molecular complexity index is 950. The summed E-state index contributed by atoms with van der Waals surface area (Å²) in [5.41, 5.74) is 0. The molecule has 0 aliphatic carbocycles. The van der Waals surface area contributed by atoms with E-state index in [4.69, 9.17) is 0 Å². The van der Waals surface area contributed by atoms with Crippen LogP contribution in [0.4, 0.5) is 0 Å². The molecule has 0 bridgehead atoms. The van der Waals surface area contributed by atoms with Gasteiger partial charge >= 0.3 is 0 Å². The van der Waals surface area contributed by atoms with Crippen LogP contribution in [-0.2, 0) is 4.79 Å². The molecule has 0 aliphatic rings. The molecule has 4 atom stereocenters. The van der Waals surface area contributed by atoms with Crippen molar-refractivity contribution in [3.8, 4) is 0 Å². The molecule has 60 heavy (non-hydrogen) atoms. The number of allylic oxidation sites excluding steroid dienone is 6. The van der Waals surface area contributed by atoms with Gasteiger partial charge in [0.25, 0.3) is 0 Å². The second kappa shape index (κ2) is 48.6. The number of amides is 1. The van der Waals surface area contributed by atoms with Crippen LogP contribution in [0.25, 0.3) is 0 Å². The Balaban J connectivity index is 3.73. The van der Waals surface area contributed by atoms with Crippen molar-refractivity contribution in [1.82, 2.24) is 5.32 Å². The van der Waals surface area contributed by atoms with Gasteiger partial charge < -0.3 is 25.7 Å². The van der Waals surface area contributed by atoms with E-state index in [1.165, 1.54) is 186 Å². The number of nitrogens with one attached hydrogen (secondary N) is 1. The summed E-state index contributed by atoms with van der Waals surface area (Å²) in [6.07, 6.45) is 59.2. The van der Waals surface area contributed by atoms with E-state index in [1.807, 2.05) is 0 Å². The standard InChI is InChI=1S/C54H103NO5/c1-3-5-7-9-11-13-15-17-19-21-23-24-25-26-27-28-30-31-33-35-37-39-41-43-45-47-51(57)53(59)50(49-56)55-54(60)52(58)48-46-44-42-40-38-36-34-32-29-22-20-18-16-14-12-10-8-6-4-2/h29,31-33,39,41,50-53,56-59H,3-28,30,34-38,40,42-49H2,1-2H3,(H,55,60)/b32-29-,33-31+,41-39+. The van der Waals surface area contributed by atoms with Gasteiger partial charge in [0.2, 0.25) is 5.91 Å². The zero-order valence-corrected chi connectivity index (χ0v) is 40.0. The van der Waals surface area contributed by atoms with Gasteiger partial charge in [-0.3, -0.25) is 4.79 Å². The van der Waals surface area contributed by atoms with E-state index in [1.54, 1.807) is 0 Å². The van der Waals surface area contributed by atoms with Crippen molar-refractivity contribution in [3.05, 3.63) is 36.5 Å². The van der Waals surface area contributed by atoms with E-state index < -0.39 is 36.9 Å². The maximum absolute atomic E-state index is 12.6. The number of unbranched alkanes of at least 4 members (excludes halogenated alkanes) is 33. The topological polar surface area (TPSA) is 110 Å². The fourth-order valence-electron chi connectivity index (χ4n) is 8.12. The molecule has 0 saturated heterocycles. The van der Waals surface area contributed by atoms with Crippen LogP contribution in [-0.4, -0.2) is 57.3 Å². The third-order valence-electron chi connectivity index (χ3n) is 12.3. The van der Waals surface area contributed by atoms with Crippen LogP contribution < -0.4 is 5.32 Å². The van der Waals surface area contributed by atoms with Crippen LogP contribution in [0, 0.1) is 0 Å². The highest BCUT2D eigenvalue weighted by Crippen LogP contribution is 2.16. The summed E-state index contributed by atoms with van der Waals surface area (Å²) in [5, 5.41) is 43.8. The molecule has 0 heterocycles. The Morgan fingerprint density at radius 2 is 0.700 bits per heavy atom. The summed E-state index contributed by atoms with van der Waals surface area (Å²) in [6, 6.07) is -1.01. The van der Waals surface area contributed by atoms with E-state index in [9.17, 15) is 25.2 Å². The lowest BCUT2D eigenvalue weighted by Crippen LogP contribution is -2.53. The molecule has 5 N–H and O–H groups in total. The first-order chi connectivity index (χ1) is 29.5. The van der Waals surface area contributed by atoms with Crippen molar-refractivity contribution < 1.29 is 25.2 Å². The second-order valence-corrected chi connectivity index (χ2v) is 18.2. The summed E-state index contributed by atoms with van der Waals surface area (Å²) in [4.78, 5) is 12.6. The van der Waals surface area contributed by atoms with Gasteiger partial charge in [-0.1, -0.05) is 230 Å².